The number of hydrogen-bond donors (Lipinski definition) is 1. The summed E-state index contributed by atoms with van der Waals surface area (Å²) in [6.45, 7) is 4.81. The molecule has 1 radical (unpaired) electrons. The normalized spacial score (nSPS) is 35.0. The van der Waals surface area contributed by atoms with Gasteiger partial charge < -0.3 is 5.32 Å². The second-order valence-corrected chi connectivity index (χ2v) is 15.2. The molecule has 4 fully saturated rings. The van der Waals surface area contributed by atoms with Crippen LogP contribution in [0.4, 0.5) is 4.79 Å². The van der Waals surface area contributed by atoms with Gasteiger partial charge in [-0.1, -0.05) is 155 Å². The molecule has 0 unspecified atom stereocenters. The van der Waals surface area contributed by atoms with E-state index in [1.54, 1.807) is 0 Å². The van der Waals surface area contributed by atoms with Gasteiger partial charge in [-0.25, -0.2) is 0 Å². The van der Waals surface area contributed by atoms with Crippen LogP contribution in [0.3, 0.4) is 0 Å². The summed E-state index contributed by atoms with van der Waals surface area (Å²) >= 11 is 0. The summed E-state index contributed by atoms with van der Waals surface area (Å²) in [5.74, 6) is 3.71. The average molecular weight is 553 g/mol. The number of rotatable bonds is 7. The lowest BCUT2D eigenvalue weighted by atomic mass is 9.56. The molecule has 0 bridgehead atoms. The highest BCUT2D eigenvalue weighted by Gasteiger charge is 2.45. The monoisotopic (exact) mass is 553 g/mol. The fraction of sp³-hybridized carbons (Fsp3) is 0.973. The minimum atomic E-state index is 0.0349. The molecule has 0 atom stereocenters. The van der Waals surface area contributed by atoms with Crippen molar-refractivity contribution in [3.05, 3.63) is 0 Å². The Morgan fingerprint density at radius 3 is 1.50 bits per heavy atom. The molecule has 0 aromatic heterocycles. The molecular weight excluding hydrogens is 485 g/mol. The highest BCUT2D eigenvalue weighted by molar-refractivity contribution is 6.74. The summed E-state index contributed by atoms with van der Waals surface area (Å²) in [5, 5.41) is 3.64. The first-order chi connectivity index (χ1) is 19.6. The number of amides is 1. The van der Waals surface area contributed by atoms with E-state index in [0.29, 0.717) is 11.2 Å². The summed E-state index contributed by atoms with van der Waals surface area (Å²) in [7, 11) is 2.11. The minimum absolute atomic E-state index is 0.0349. The van der Waals surface area contributed by atoms with E-state index in [4.69, 9.17) is 0 Å². The Balaban J connectivity index is 1.27. The summed E-state index contributed by atoms with van der Waals surface area (Å²) in [4.78, 5) is 13.3. The lowest BCUT2D eigenvalue weighted by Gasteiger charge is -2.51. The zero-order valence-corrected chi connectivity index (χ0v) is 27.1. The highest BCUT2D eigenvalue weighted by atomic mass is 16.1. The van der Waals surface area contributed by atoms with Crippen LogP contribution in [0.5, 0.6) is 0 Å². The van der Waals surface area contributed by atoms with Crippen molar-refractivity contribution in [1.82, 2.24) is 5.32 Å². The van der Waals surface area contributed by atoms with E-state index >= 15 is 0 Å². The van der Waals surface area contributed by atoms with Crippen LogP contribution in [-0.2, 0) is 0 Å². The van der Waals surface area contributed by atoms with E-state index in [-0.39, 0.29) is 11.3 Å². The minimum Gasteiger partial charge on any atom is -0.360 e. The molecule has 3 heteroatoms. The third-order valence-corrected chi connectivity index (χ3v) is 12.9. The summed E-state index contributed by atoms with van der Waals surface area (Å²) in [6, 6.07) is 0. The van der Waals surface area contributed by atoms with Crippen molar-refractivity contribution in [3.63, 3.8) is 0 Å². The van der Waals surface area contributed by atoms with Gasteiger partial charge in [0.05, 0.1) is 0 Å². The average Bonchev–Trinajstić information content (AvgIpc) is 2.93. The number of hydrogen-bond acceptors (Lipinski definition) is 1. The van der Waals surface area contributed by atoms with E-state index < -0.39 is 0 Å². The first-order valence-electron chi connectivity index (χ1n) is 18.7. The van der Waals surface area contributed by atoms with E-state index in [2.05, 4.69) is 26.4 Å². The topological polar surface area (TPSA) is 29.1 Å². The number of carbonyl (C=O) groups is 1. The second kappa shape index (κ2) is 17.0. The van der Waals surface area contributed by atoms with Gasteiger partial charge in [0.15, 0.2) is 5.81 Å². The van der Waals surface area contributed by atoms with Crippen molar-refractivity contribution < 1.29 is 4.79 Å². The van der Waals surface area contributed by atoms with Gasteiger partial charge in [-0.05, 0) is 68.1 Å². The maximum absolute atomic E-state index is 13.3. The van der Waals surface area contributed by atoms with Crippen molar-refractivity contribution in [3.8, 4) is 0 Å². The molecule has 0 aromatic rings. The van der Waals surface area contributed by atoms with Crippen LogP contribution in [-0.4, -0.2) is 18.6 Å². The van der Waals surface area contributed by atoms with Gasteiger partial charge in [0.2, 0.25) is 7.28 Å². The Hall–Kier alpha value is -0.465. The van der Waals surface area contributed by atoms with Crippen molar-refractivity contribution in [1.29, 1.82) is 0 Å². The summed E-state index contributed by atoms with van der Waals surface area (Å²) in [6.07, 6.45) is 38.8. The third-order valence-electron chi connectivity index (χ3n) is 12.9. The van der Waals surface area contributed by atoms with Gasteiger partial charge in [0.1, 0.15) is 0 Å². The van der Waals surface area contributed by atoms with Gasteiger partial charge in [-0.2, -0.15) is 0 Å². The Morgan fingerprint density at radius 1 is 0.575 bits per heavy atom. The standard InChI is InChI=1S/C37H67BNO/c1-3-36(33-23-17-21-32(22-18-24-33)31-19-13-9-8-10-14-20-31)27-29-37(4-2,30-28-36)39-35(40)38-34-25-15-11-6-5-7-12-16-26-34/h31-34H,3-30H2,1-2H3,(H,39,40). The molecule has 4 rings (SSSR count). The van der Waals surface area contributed by atoms with Crippen molar-refractivity contribution in [2.45, 2.75) is 205 Å². The van der Waals surface area contributed by atoms with Gasteiger partial charge >= 0.3 is 0 Å². The molecule has 0 aromatic carbocycles. The number of carbonyl (C=O) groups excluding carboxylic acids is 1. The van der Waals surface area contributed by atoms with Gasteiger partial charge in [-0.3, -0.25) is 4.79 Å². The Kier molecular flexibility index (Phi) is 13.8. The fourth-order valence-corrected chi connectivity index (χ4v) is 9.95. The first kappa shape index (κ1) is 32.4. The van der Waals surface area contributed by atoms with Crippen molar-refractivity contribution in [2.75, 3.05) is 0 Å². The second-order valence-electron chi connectivity index (χ2n) is 15.2. The molecule has 229 valence electrons. The molecule has 4 saturated carbocycles. The van der Waals surface area contributed by atoms with Crippen molar-refractivity contribution in [2.24, 2.45) is 23.2 Å². The lowest BCUT2D eigenvalue weighted by molar-refractivity contribution is 0.0293. The SMILES string of the molecule is CCC1(NC(=O)[B]C2CCCCCCCCC2)CCC(CC)(C2CCCC(C3CCCCCCC3)CCC2)CC1. The predicted molar refractivity (Wildman–Crippen MR) is 174 cm³/mol. The van der Waals surface area contributed by atoms with Gasteiger partial charge in [-0.15, -0.1) is 0 Å². The van der Waals surface area contributed by atoms with E-state index in [0.717, 1.165) is 24.2 Å². The molecule has 4 aliphatic rings. The Bertz CT molecular complexity index is 685. The molecule has 4 aliphatic carbocycles. The molecule has 2 nitrogen and oxygen atoms in total. The molecule has 1 amide bonds. The van der Waals surface area contributed by atoms with Crippen LogP contribution in [0.2, 0.25) is 5.82 Å². The van der Waals surface area contributed by atoms with Crippen molar-refractivity contribution >= 4 is 13.1 Å². The van der Waals surface area contributed by atoms with E-state index in [1.165, 1.54) is 173 Å². The Labute approximate surface area is 251 Å². The van der Waals surface area contributed by atoms with Crippen LogP contribution < -0.4 is 5.32 Å². The van der Waals surface area contributed by atoms with Gasteiger partial charge in [0.25, 0.3) is 0 Å². The largest absolute Gasteiger partial charge is 0.360 e. The highest BCUT2D eigenvalue weighted by Crippen LogP contribution is 2.53. The van der Waals surface area contributed by atoms with Crippen LogP contribution in [0.15, 0.2) is 0 Å². The molecule has 0 saturated heterocycles. The lowest BCUT2D eigenvalue weighted by Crippen LogP contribution is -2.54. The quantitative estimate of drug-likeness (QED) is 0.313. The molecule has 1 N–H and O–H groups in total. The molecule has 0 heterocycles. The van der Waals surface area contributed by atoms with E-state index in [9.17, 15) is 4.79 Å². The smallest absolute Gasteiger partial charge is 0.236 e. The zero-order valence-electron chi connectivity index (χ0n) is 27.1. The molecule has 0 spiro atoms. The molecule has 0 aliphatic heterocycles. The summed E-state index contributed by atoms with van der Waals surface area (Å²) < 4.78 is 0. The maximum atomic E-state index is 13.3. The predicted octanol–water partition coefficient (Wildman–Crippen LogP) is 11.8. The van der Waals surface area contributed by atoms with E-state index in [1.807, 2.05) is 0 Å². The Morgan fingerprint density at radius 2 is 1.02 bits per heavy atom. The summed E-state index contributed by atoms with van der Waals surface area (Å²) in [5.41, 5.74) is 0.559. The van der Waals surface area contributed by atoms with Crippen LogP contribution in [0, 0.1) is 23.2 Å². The zero-order chi connectivity index (χ0) is 28.1. The van der Waals surface area contributed by atoms with Gasteiger partial charge in [0, 0.05) is 5.54 Å². The first-order valence-corrected chi connectivity index (χ1v) is 18.7. The maximum Gasteiger partial charge on any atom is 0.236 e. The fourth-order valence-electron chi connectivity index (χ4n) is 9.95. The third kappa shape index (κ3) is 9.52. The van der Waals surface area contributed by atoms with Crippen LogP contribution in [0.1, 0.15) is 194 Å². The van der Waals surface area contributed by atoms with Crippen LogP contribution >= 0.6 is 0 Å². The van der Waals surface area contributed by atoms with Crippen LogP contribution in [0.25, 0.3) is 0 Å². The molecular formula is C37H67BNO. The number of nitrogens with one attached hydrogen (secondary N) is 1. The molecule has 40 heavy (non-hydrogen) atoms.